The molecular weight excluding hydrogens is 416 g/mol. The van der Waals surface area contributed by atoms with Crippen molar-refractivity contribution in [3.63, 3.8) is 0 Å². The van der Waals surface area contributed by atoms with Gasteiger partial charge in [-0.25, -0.2) is 4.79 Å². The van der Waals surface area contributed by atoms with Crippen molar-refractivity contribution in [3.05, 3.63) is 71.8 Å². The molecule has 1 aliphatic rings. The van der Waals surface area contributed by atoms with Gasteiger partial charge in [0.25, 0.3) is 0 Å². The topological polar surface area (TPSA) is 81.8 Å². The number of barbiturate groups is 1. The van der Waals surface area contributed by atoms with E-state index in [1.165, 1.54) is 0 Å². The Hall–Kier alpha value is -3.87. The predicted octanol–water partition coefficient (Wildman–Crippen LogP) is 3.68. The number of urea groups is 1. The molecule has 172 valence electrons. The van der Waals surface area contributed by atoms with E-state index in [0.717, 1.165) is 22.5 Å². The van der Waals surface area contributed by atoms with Crippen LogP contribution in [0.4, 0.5) is 16.2 Å². The van der Waals surface area contributed by atoms with Gasteiger partial charge in [-0.05, 0) is 48.2 Å². The zero-order chi connectivity index (χ0) is 24.0. The molecule has 0 atom stereocenters. The van der Waals surface area contributed by atoms with Crippen molar-refractivity contribution in [2.75, 3.05) is 38.0 Å². The summed E-state index contributed by atoms with van der Waals surface area (Å²) in [5.74, 6) is -1.17. The average molecular weight is 447 g/mol. The minimum atomic E-state index is -1.39. The molecule has 1 aliphatic heterocycles. The van der Waals surface area contributed by atoms with Crippen molar-refractivity contribution < 1.29 is 14.4 Å². The Balaban J connectivity index is 1.77. The van der Waals surface area contributed by atoms with Crippen LogP contribution in [0.25, 0.3) is 12.2 Å². The van der Waals surface area contributed by atoms with Gasteiger partial charge in [0.2, 0.25) is 11.8 Å². The lowest BCUT2D eigenvalue weighted by Gasteiger charge is -2.32. The quantitative estimate of drug-likeness (QED) is 0.605. The average Bonchev–Trinajstić information content (AvgIpc) is 2.77. The highest BCUT2D eigenvalue weighted by Gasteiger charge is 2.48. The van der Waals surface area contributed by atoms with Gasteiger partial charge in [0.15, 0.2) is 0 Å². The first kappa shape index (κ1) is 23.8. The lowest BCUT2D eigenvalue weighted by atomic mass is 9.77. The van der Waals surface area contributed by atoms with E-state index in [1.54, 1.807) is 12.2 Å². The second-order valence-corrected chi connectivity index (χ2v) is 8.50. The van der Waals surface area contributed by atoms with Crippen LogP contribution in [-0.4, -0.2) is 46.0 Å². The molecule has 2 aromatic carbocycles. The standard InChI is InChI=1S/C26H30N4O3/c1-29(2)21-13-9-19(10-14-21)7-5-17-26(23(31)27-25(33)28-24(26)32)18-6-8-20-11-15-22(16-12-20)30(3)4/h5-16H,17-18H2,1-4H3,(H2,27,28,31,32,33)/b7-5+,8-6+. The number of anilines is 2. The van der Waals surface area contributed by atoms with E-state index in [-0.39, 0.29) is 12.8 Å². The number of benzene rings is 2. The maximum absolute atomic E-state index is 12.8. The number of nitrogens with zero attached hydrogens (tertiary/aromatic N) is 2. The first-order valence-corrected chi connectivity index (χ1v) is 10.8. The zero-order valence-electron chi connectivity index (χ0n) is 19.5. The SMILES string of the molecule is CN(C)c1ccc(/C=C/CC2(C/C=C/c3ccc(N(C)C)cc3)C(=O)NC(=O)NC2=O)cc1. The molecule has 0 aromatic heterocycles. The van der Waals surface area contributed by atoms with Crippen LogP contribution in [0, 0.1) is 5.41 Å². The Morgan fingerprint density at radius 3 is 1.36 bits per heavy atom. The summed E-state index contributed by atoms with van der Waals surface area (Å²) in [6.07, 6.45) is 7.69. The number of carbonyl (C=O) groups is 3. The molecule has 2 N–H and O–H groups in total. The fourth-order valence-corrected chi connectivity index (χ4v) is 3.59. The number of imide groups is 2. The lowest BCUT2D eigenvalue weighted by Crippen LogP contribution is -2.62. The normalized spacial score (nSPS) is 15.6. The molecule has 2 aromatic rings. The molecule has 7 heteroatoms. The third-order valence-corrected chi connectivity index (χ3v) is 5.70. The molecule has 0 unspecified atom stereocenters. The van der Waals surface area contributed by atoms with Crippen molar-refractivity contribution in [1.29, 1.82) is 0 Å². The summed E-state index contributed by atoms with van der Waals surface area (Å²) in [5, 5.41) is 4.50. The van der Waals surface area contributed by atoms with Crippen LogP contribution in [0.15, 0.2) is 60.7 Å². The van der Waals surface area contributed by atoms with Crippen LogP contribution in [0.3, 0.4) is 0 Å². The van der Waals surface area contributed by atoms with Crippen molar-refractivity contribution >= 4 is 41.4 Å². The van der Waals surface area contributed by atoms with E-state index in [9.17, 15) is 14.4 Å². The molecule has 33 heavy (non-hydrogen) atoms. The van der Waals surface area contributed by atoms with Crippen molar-refractivity contribution in [1.82, 2.24) is 10.6 Å². The Morgan fingerprint density at radius 1 is 0.667 bits per heavy atom. The molecule has 1 saturated heterocycles. The van der Waals surface area contributed by atoms with Gasteiger partial charge in [-0.3, -0.25) is 20.2 Å². The summed E-state index contributed by atoms with van der Waals surface area (Å²) in [6, 6.07) is 15.1. The number of nitrogens with one attached hydrogen (secondary N) is 2. The molecule has 0 saturated carbocycles. The number of allylic oxidation sites excluding steroid dienone is 2. The molecule has 1 fully saturated rings. The summed E-state index contributed by atoms with van der Waals surface area (Å²) in [5.41, 5.74) is 2.68. The van der Waals surface area contributed by atoms with Gasteiger partial charge in [0, 0.05) is 39.6 Å². The van der Waals surface area contributed by atoms with Gasteiger partial charge in [-0.15, -0.1) is 0 Å². The fraction of sp³-hybridized carbons (Fsp3) is 0.269. The molecule has 0 bridgehead atoms. The van der Waals surface area contributed by atoms with Gasteiger partial charge >= 0.3 is 6.03 Å². The summed E-state index contributed by atoms with van der Waals surface area (Å²) in [6.45, 7) is 0. The Bertz CT molecular complexity index is 982. The Morgan fingerprint density at radius 2 is 1.03 bits per heavy atom. The Labute approximate surface area is 194 Å². The smallest absolute Gasteiger partial charge is 0.328 e. The summed E-state index contributed by atoms with van der Waals surface area (Å²) in [4.78, 5) is 41.2. The van der Waals surface area contributed by atoms with Gasteiger partial charge in [-0.2, -0.15) is 0 Å². The van der Waals surface area contributed by atoms with Gasteiger partial charge in [0.05, 0.1) is 0 Å². The fourth-order valence-electron chi connectivity index (χ4n) is 3.59. The van der Waals surface area contributed by atoms with Crippen LogP contribution in [0.5, 0.6) is 0 Å². The third-order valence-electron chi connectivity index (χ3n) is 5.70. The Kier molecular flexibility index (Phi) is 7.33. The molecule has 0 aliphatic carbocycles. The molecule has 0 spiro atoms. The van der Waals surface area contributed by atoms with Crippen LogP contribution in [0.2, 0.25) is 0 Å². The number of hydrogen-bond donors (Lipinski definition) is 2. The maximum Gasteiger partial charge on any atom is 0.328 e. The highest BCUT2D eigenvalue weighted by Crippen LogP contribution is 2.32. The van der Waals surface area contributed by atoms with Crippen molar-refractivity contribution in [2.45, 2.75) is 12.8 Å². The lowest BCUT2D eigenvalue weighted by molar-refractivity contribution is -0.144. The highest BCUT2D eigenvalue weighted by atomic mass is 16.2. The number of amides is 4. The zero-order valence-corrected chi connectivity index (χ0v) is 19.5. The molecule has 1 heterocycles. The molecular formula is C26H30N4O3. The van der Waals surface area contributed by atoms with Gasteiger partial charge < -0.3 is 9.80 Å². The number of rotatable bonds is 8. The van der Waals surface area contributed by atoms with E-state index in [2.05, 4.69) is 10.6 Å². The summed E-state index contributed by atoms with van der Waals surface area (Å²) >= 11 is 0. The third kappa shape index (κ3) is 5.68. The van der Waals surface area contributed by atoms with Crippen LogP contribution < -0.4 is 20.4 Å². The maximum atomic E-state index is 12.8. The molecule has 7 nitrogen and oxygen atoms in total. The number of hydrogen-bond acceptors (Lipinski definition) is 5. The molecule has 0 radical (unpaired) electrons. The molecule has 4 amide bonds. The first-order valence-electron chi connectivity index (χ1n) is 10.8. The van der Waals surface area contributed by atoms with Crippen LogP contribution in [-0.2, 0) is 9.59 Å². The second kappa shape index (κ2) is 10.2. The van der Waals surface area contributed by atoms with Crippen LogP contribution in [0.1, 0.15) is 24.0 Å². The highest BCUT2D eigenvalue weighted by molar-refractivity contribution is 6.19. The second-order valence-electron chi connectivity index (χ2n) is 8.50. The van der Waals surface area contributed by atoms with E-state index in [4.69, 9.17) is 0 Å². The first-order chi connectivity index (χ1) is 15.7. The predicted molar refractivity (Wildman–Crippen MR) is 133 cm³/mol. The van der Waals surface area contributed by atoms with Gasteiger partial charge in [0.1, 0.15) is 5.41 Å². The van der Waals surface area contributed by atoms with Crippen molar-refractivity contribution in [3.8, 4) is 0 Å². The minimum absolute atomic E-state index is 0.164. The summed E-state index contributed by atoms with van der Waals surface area (Å²) < 4.78 is 0. The largest absolute Gasteiger partial charge is 0.378 e. The minimum Gasteiger partial charge on any atom is -0.378 e. The summed E-state index contributed by atoms with van der Waals surface area (Å²) in [7, 11) is 7.89. The van der Waals surface area contributed by atoms with Gasteiger partial charge in [-0.1, -0.05) is 48.6 Å². The van der Waals surface area contributed by atoms with E-state index in [1.807, 2.05) is 98.7 Å². The van der Waals surface area contributed by atoms with E-state index >= 15 is 0 Å². The van der Waals surface area contributed by atoms with Crippen LogP contribution >= 0.6 is 0 Å². The van der Waals surface area contributed by atoms with E-state index < -0.39 is 23.3 Å². The number of carbonyl (C=O) groups excluding carboxylic acids is 3. The molecule has 3 rings (SSSR count). The van der Waals surface area contributed by atoms with E-state index in [0.29, 0.717) is 0 Å². The van der Waals surface area contributed by atoms with Crippen molar-refractivity contribution in [2.24, 2.45) is 5.41 Å². The monoisotopic (exact) mass is 446 g/mol.